The lowest BCUT2D eigenvalue weighted by Gasteiger charge is -2.34. The van der Waals surface area contributed by atoms with Crippen LogP contribution in [0.25, 0.3) is 0 Å². The molecule has 1 aliphatic rings. The van der Waals surface area contributed by atoms with Gasteiger partial charge < -0.3 is 10.1 Å². The van der Waals surface area contributed by atoms with Gasteiger partial charge in [0.1, 0.15) is 5.75 Å². The third-order valence-electron chi connectivity index (χ3n) is 6.25. The molecule has 1 aliphatic heterocycles. The monoisotopic (exact) mass is 524 g/mol. The van der Waals surface area contributed by atoms with E-state index in [4.69, 9.17) is 4.74 Å². The Balaban J connectivity index is 1.34. The van der Waals surface area contributed by atoms with E-state index in [1.165, 1.54) is 29.6 Å². The van der Waals surface area contributed by atoms with Gasteiger partial charge in [-0.2, -0.15) is 4.31 Å². The minimum Gasteiger partial charge on any atom is -0.495 e. The summed E-state index contributed by atoms with van der Waals surface area (Å²) in [7, 11) is -2.09. The number of nitrogens with one attached hydrogen (secondary N) is 1. The van der Waals surface area contributed by atoms with Gasteiger partial charge in [0.15, 0.2) is 0 Å². The van der Waals surface area contributed by atoms with Gasteiger partial charge >= 0.3 is 0 Å². The van der Waals surface area contributed by atoms with Gasteiger partial charge in [-0.1, -0.05) is 29.8 Å². The number of benzene rings is 3. The molecule has 1 heterocycles. The van der Waals surface area contributed by atoms with Gasteiger partial charge in [0.2, 0.25) is 10.0 Å². The number of hydrogen-bond acceptors (Lipinski definition) is 7. The van der Waals surface area contributed by atoms with Crippen LogP contribution in [0.3, 0.4) is 0 Å². The van der Waals surface area contributed by atoms with E-state index in [0.29, 0.717) is 48.9 Å². The number of sulfonamides is 1. The highest BCUT2D eigenvalue weighted by molar-refractivity contribution is 7.89. The molecule has 1 fully saturated rings. The van der Waals surface area contributed by atoms with Gasteiger partial charge in [-0.15, -0.1) is 0 Å². The lowest BCUT2D eigenvalue weighted by atomic mass is 10.1. The molecule has 0 unspecified atom stereocenters. The standard InChI is InChI=1S/C26H28N4O6S/c1-19-3-10-23(11-4-19)37(34,35)29-15-13-28(14-16-29)18-20-5-7-21(8-6-20)26(31)27-24-17-22(30(32)33)9-12-25(24)36-2/h3-12,17H,13-16,18H2,1-2H3,(H,27,31). The highest BCUT2D eigenvalue weighted by atomic mass is 32.2. The van der Waals surface area contributed by atoms with Crippen molar-refractivity contribution in [3.05, 3.63) is 93.5 Å². The number of non-ortho nitro benzene ring substituents is 1. The quantitative estimate of drug-likeness (QED) is 0.352. The molecular weight excluding hydrogens is 496 g/mol. The van der Waals surface area contributed by atoms with Gasteiger partial charge in [0, 0.05) is 50.4 Å². The minimum atomic E-state index is -3.51. The third kappa shape index (κ3) is 6.13. The molecular formula is C26H28N4O6S. The first-order chi connectivity index (χ1) is 17.7. The summed E-state index contributed by atoms with van der Waals surface area (Å²) in [4.78, 5) is 25.7. The van der Waals surface area contributed by atoms with Crippen LogP contribution in [0.4, 0.5) is 11.4 Å². The summed E-state index contributed by atoms with van der Waals surface area (Å²) < 4.78 is 32.5. The first-order valence-corrected chi connectivity index (χ1v) is 13.1. The zero-order chi connectivity index (χ0) is 26.6. The number of anilines is 1. The molecule has 37 heavy (non-hydrogen) atoms. The molecule has 3 aromatic rings. The number of amides is 1. The normalized spacial score (nSPS) is 14.8. The molecule has 0 radical (unpaired) electrons. The van der Waals surface area contributed by atoms with Crippen LogP contribution < -0.4 is 10.1 Å². The number of ether oxygens (including phenoxy) is 1. The molecule has 0 aromatic heterocycles. The number of nitro groups is 1. The van der Waals surface area contributed by atoms with Crippen LogP contribution in [0.5, 0.6) is 5.75 Å². The number of rotatable bonds is 8. The number of aryl methyl sites for hydroxylation is 1. The maximum atomic E-state index is 12.9. The molecule has 1 amide bonds. The molecule has 0 saturated carbocycles. The molecule has 0 aliphatic carbocycles. The van der Waals surface area contributed by atoms with Crippen molar-refractivity contribution in [3.8, 4) is 5.75 Å². The second kappa shape index (κ2) is 11.1. The Bertz CT molecular complexity index is 1380. The fraction of sp³-hybridized carbons (Fsp3) is 0.269. The number of nitrogens with zero attached hydrogens (tertiary/aromatic N) is 3. The largest absolute Gasteiger partial charge is 0.495 e. The van der Waals surface area contributed by atoms with Crippen molar-refractivity contribution in [2.24, 2.45) is 0 Å². The average Bonchev–Trinajstić information content (AvgIpc) is 2.89. The van der Waals surface area contributed by atoms with E-state index in [1.54, 1.807) is 36.4 Å². The van der Waals surface area contributed by atoms with Gasteiger partial charge in [-0.25, -0.2) is 8.42 Å². The van der Waals surface area contributed by atoms with Crippen LogP contribution in [0, 0.1) is 17.0 Å². The van der Waals surface area contributed by atoms with Crippen LogP contribution in [0.1, 0.15) is 21.5 Å². The summed E-state index contributed by atoms with van der Waals surface area (Å²) in [5.74, 6) is -0.0978. The van der Waals surface area contributed by atoms with E-state index in [2.05, 4.69) is 10.2 Å². The Hall–Kier alpha value is -3.80. The number of methoxy groups -OCH3 is 1. The van der Waals surface area contributed by atoms with E-state index in [9.17, 15) is 23.3 Å². The maximum absolute atomic E-state index is 12.9. The summed E-state index contributed by atoms with van der Waals surface area (Å²) in [5.41, 5.74) is 2.45. The third-order valence-corrected chi connectivity index (χ3v) is 8.17. The van der Waals surface area contributed by atoms with Crippen molar-refractivity contribution < 1.29 is 22.9 Å². The second-order valence-corrected chi connectivity index (χ2v) is 10.7. The van der Waals surface area contributed by atoms with Crippen LogP contribution in [-0.4, -0.2) is 61.7 Å². The van der Waals surface area contributed by atoms with E-state index >= 15 is 0 Å². The highest BCUT2D eigenvalue weighted by Crippen LogP contribution is 2.29. The molecule has 11 heteroatoms. The average molecular weight is 525 g/mol. The zero-order valence-corrected chi connectivity index (χ0v) is 21.4. The van der Waals surface area contributed by atoms with Gasteiger partial charge in [0.25, 0.3) is 11.6 Å². The number of piperazine rings is 1. The topological polar surface area (TPSA) is 122 Å². The Morgan fingerprint density at radius 1 is 1.00 bits per heavy atom. The Kier molecular flexibility index (Phi) is 7.86. The van der Waals surface area contributed by atoms with E-state index in [0.717, 1.165) is 11.1 Å². The number of carbonyl (C=O) groups excluding carboxylic acids is 1. The summed E-state index contributed by atoms with van der Waals surface area (Å²) in [6.45, 7) is 4.55. The van der Waals surface area contributed by atoms with Crippen molar-refractivity contribution in [1.82, 2.24) is 9.21 Å². The SMILES string of the molecule is COc1ccc([N+](=O)[O-])cc1NC(=O)c1ccc(CN2CCN(S(=O)(=O)c3ccc(C)cc3)CC2)cc1. The second-order valence-electron chi connectivity index (χ2n) is 8.79. The molecule has 4 rings (SSSR count). The summed E-state index contributed by atoms with van der Waals surface area (Å²) in [5, 5.41) is 13.7. The Labute approximate surface area is 215 Å². The first-order valence-electron chi connectivity index (χ1n) is 11.7. The van der Waals surface area contributed by atoms with Gasteiger partial charge in [-0.3, -0.25) is 19.8 Å². The molecule has 1 N–H and O–H groups in total. The van der Waals surface area contributed by atoms with E-state index in [-0.39, 0.29) is 11.4 Å². The number of nitro benzene ring substituents is 1. The Morgan fingerprint density at radius 3 is 2.24 bits per heavy atom. The predicted octanol–water partition coefficient (Wildman–Crippen LogP) is 3.67. The van der Waals surface area contributed by atoms with Crippen molar-refractivity contribution in [2.75, 3.05) is 38.6 Å². The number of carbonyl (C=O) groups is 1. The maximum Gasteiger partial charge on any atom is 0.271 e. The van der Waals surface area contributed by atoms with Crippen LogP contribution >= 0.6 is 0 Å². The molecule has 10 nitrogen and oxygen atoms in total. The van der Waals surface area contributed by atoms with E-state index in [1.807, 2.05) is 19.1 Å². The van der Waals surface area contributed by atoms with Crippen LogP contribution in [0.2, 0.25) is 0 Å². The lowest BCUT2D eigenvalue weighted by molar-refractivity contribution is -0.384. The zero-order valence-electron chi connectivity index (χ0n) is 20.6. The molecule has 0 atom stereocenters. The first kappa shape index (κ1) is 26.3. The molecule has 1 saturated heterocycles. The molecule has 0 bridgehead atoms. The van der Waals surface area contributed by atoms with Crippen molar-refractivity contribution in [3.63, 3.8) is 0 Å². The van der Waals surface area contributed by atoms with Gasteiger partial charge in [0.05, 0.1) is 22.6 Å². The fourth-order valence-electron chi connectivity index (χ4n) is 4.11. The van der Waals surface area contributed by atoms with Crippen LogP contribution in [-0.2, 0) is 16.6 Å². The molecule has 0 spiro atoms. The van der Waals surface area contributed by atoms with Crippen molar-refractivity contribution >= 4 is 27.3 Å². The fourth-order valence-corrected chi connectivity index (χ4v) is 5.53. The lowest BCUT2D eigenvalue weighted by Crippen LogP contribution is -2.48. The molecule has 3 aromatic carbocycles. The summed E-state index contributed by atoms with van der Waals surface area (Å²) >= 11 is 0. The Morgan fingerprint density at radius 2 is 1.65 bits per heavy atom. The summed E-state index contributed by atoms with van der Waals surface area (Å²) in [6.07, 6.45) is 0. The van der Waals surface area contributed by atoms with Gasteiger partial charge in [-0.05, 0) is 42.8 Å². The van der Waals surface area contributed by atoms with E-state index < -0.39 is 20.9 Å². The smallest absolute Gasteiger partial charge is 0.271 e. The van der Waals surface area contributed by atoms with Crippen molar-refractivity contribution in [2.45, 2.75) is 18.4 Å². The number of hydrogen-bond donors (Lipinski definition) is 1. The van der Waals surface area contributed by atoms with Crippen molar-refractivity contribution in [1.29, 1.82) is 0 Å². The molecule has 194 valence electrons. The highest BCUT2D eigenvalue weighted by Gasteiger charge is 2.28. The minimum absolute atomic E-state index is 0.154. The predicted molar refractivity (Wildman–Crippen MR) is 139 cm³/mol. The van der Waals surface area contributed by atoms with Crippen LogP contribution in [0.15, 0.2) is 71.6 Å². The summed E-state index contributed by atoms with van der Waals surface area (Å²) in [6, 6.07) is 17.9.